The Bertz CT molecular complexity index is 879. The SMILES string of the molecule is Cc1ccc(NC(=O)CNC(c2ccc(F)cc2)c2cccs2)cc1F. The van der Waals surface area contributed by atoms with E-state index >= 15 is 0 Å². The quantitative estimate of drug-likeness (QED) is 0.661. The molecule has 6 heteroatoms. The maximum atomic E-state index is 13.6. The minimum Gasteiger partial charge on any atom is -0.325 e. The summed E-state index contributed by atoms with van der Waals surface area (Å²) >= 11 is 1.55. The maximum Gasteiger partial charge on any atom is 0.238 e. The molecule has 0 saturated heterocycles. The Labute approximate surface area is 154 Å². The number of rotatable bonds is 6. The van der Waals surface area contributed by atoms with Crippen molar-refractivity contribution >= 4 is 22.9 Å². The molecule has 0 aliphatic heterocycles. The molecule has 1 heterocycles. The van der Waals surface area contributed by atoms with E-state index in [4.69, 9.17) is 0 Å². The number of halogens is 2. The Morgan fingerprint density at radius 3 is 2.54 bits per heavy atom. The number of hydrogen-bond donors (Lipinski definition) is 2. The molecule has 0 spiro atoms. The van der Waals surface area contributed by atoms with Crippen LogP contribution >= 0.6 is 11.3 Å². The first-order chi connectivity index (χ1) is 12.5. The van der Waals surface area contributed by atoms with Gasteiger partial charge in [-0.3, -0.25) is 10.1 Å². The minimum atomic E-state index is -0.362. The van der Waals surface area contributed by atoms with E-state index in [0.717, 1.165) is 10.4 Å². The van der Waals surface area contributed by atoms with E-state index in [1.807, 2.05) is 17.5 Å². The zero-order chi connectivity index (χ0) is 18.5. The van der Waals surface area contributed by atoms with Gasteiger partial charge in [-0.15, -0.1) is 11.3 Å². The van der Waals surface area contributed by atoms with Crippen LogP contribution in [0, 0.1) is 18.6 Å². The lowest BCUT2D eigenvalue weighted by atomic mass is 10.1. The number of carbonyl (C=O) groups is 1. The number of thiophene rings is 1. The van der Waals surface area contributed by atoms with Crippen LogP contribution in [0.3, 0.4) is 0 Å². The van der Waals surface area contributed by atoms with Crippen molar-refractivity contribution in [3.63, 3.8) is 0 Å². The van der Waals surface area contributed by atoms with Crippen molar-refractivity contribution in [2.75, 3.05) is 11.9 Å². The fourth-order valence-corrected chi connectivity index (χ4v) is 3.39. The van der Waals surface area contributed by atoms with Gasteiger partial charge in [0.2, 0.25) is 5.91 Å². The molecule has 2 aromatic carbocycles. The van der Waals surface area contributed by atoms with Gasteiger partial charge in [0.15, 0.2) is 0 Å². The molecule has 0 fully saturated rings. The summed E-state index contributed by atoms with van der Waals surface area (Å²) in [4.78, 5) is 13.2. The van der Waals surface area contributed by atoms with E-state index < -0.39 is 0 Å². The van der Waals surface area contributed by atoms with Gasteiger partial charge < -0.3 is 5.32 Å². The van der Waals surface area contributed by atoms with Crippen LogP contribution < -0.4 is 10.6 Å². The van der Waals surface area contributed by atoms with Crippen molar-refractivity contribution in [1.82, 2.24) is 5.32 Å². The summed E-state index contributed by atoms with van der Waals surface area (Å²) in [5.41, 5.74) is 1.80. The zero-order valence-corrected chi connectivity index (χ0v) is 14.9. The van der Waals surface area contributed by atoms with E-state index in [2.05, 4.69) is 10.6 Å². The Morgan fingerprint density at radius 1 is 1.12 bits per heavy atom. The summed E-state index contributed by atoms with van der Waals surface area (Å²) < 4.78 is 26.8. The van der Waals surface area contributed by atoms with Crippen molar-refractivity contribution < 1.29 is 13.6 Å². The summed E-state index contributed by atoms with van der Waals surface area (Å²) in [6.45, 7) is 1.70. The van der Waals surface area contributed by atoms with Crippen molar-refractivity contribution in [1.29, 1.82) is 0 Å². The second-order valence-corrected chi connectivity index (χ2v) is 6.87. The van der Waals surface area contributed by atoms with Crippen molar-refractivity contribution in [2.24, 2.45) is 0 Å². The number of nitrogens with one attached hydrogen (secondary N) is 2. The summed E-state index contributed by atoms with van der Waals surface area (Å²) in [5.74, 6) is -0.951. The first kappa shape index (κ1) is 18.2. The smallest absolute Gasteiger partial charge is 0.238 e. The molecule has 0 aliphatic carbocycles. The van der Waals surface area contributed by atoms with E-state index in [0.29, 0.717) is 11.3 Å². The topological polar surface area (TPSA) is 41.1 Å². The molecule has 0 aliphatic rings. The van der Waals surface area contributed by atoms with E-state index in [-0.39, 0.29) is 30.1 Å². The normalized spacial score (nSPS) is 12.0. The summed E-state index contributed by atoms with van der Waals surface area (Å²) in [5, 5.41) is 7.81. The fourth-order valence-electron chi connectivity index (χ4n) is 2.56. The average Bonchev–Trinajstić information content (AvgIpc) is 3.14. The zero-order valence-electron chi connectivity index (χ0n) is 14.1. The molecule has 26 heavy (non-hydrogen) atoms. The third-order valence-corrected chi connectivity index (χ3v) is 4.89. The highest BCUT2D eigenvalue weighted by atomic mass is 32.1. The van der Waals surface area contributed by atoms with E-state index in [9.17, 15) is 13.6 Å². The van der Waals surface area contributed by atoms with Crippen LogP contribution in [0.4, 0.5) is 14.5 Å². The molecule has 134 valence electrons. The maximum absolute atomic E-state index is 13.6. The van der Waals surface area contributed by atoms with Gasteiger partial charge in [-0.25, -0.2) is 8.78 Å². The molecule has 1 aromatic heterocycles. The molecular formula is C20H18F2N2OS. The Morgan fingerprint density at radius 2 is 1.88 bits per heavy atom. The summed E-state index contributed by atoms with van der Waals surface area (Å²) in [6, 6.07) is 14.4. The third-order valence-electron chi connectivity index (χ3n) is 3.95. The third kappa shape index (κ3) is 4.53. The predicted octanol–water partition coefficient (Wildman–Crippen LogP) is 4.65. The molecule has 1 atom stereocenters. The first-order valence-corrected chi connectivity index (χ1v) is 8.99. The van der Waals surface area contributed by atoms with Crippen LogP contribution in [0.15, 0.2) is 60.0 Å². The lowest BCUT2D eigenvalue weighted by molar-refractivity contribution is -0.115. The number of carbonyl (C=O) groups excluding carboxylic acids is 1. The average molecular weight is 372 g/mol. The minimum absolute atomic E-state index is 0.0371. The van der Waals surface area contributed by atoms with E-state index in [1.54, 1.807) is 42.5 Å². The van der Waals surface area contributed by atoms with Gasteiger partial charge in [-0.1, -0.05) is 24.3 Å². The van der Waals surface area contributed by atoms with Crippen LogP contribution in [0.25, 0.3) is 0 Å². The number of amides is 1. The van der Waals surface area contributed by atoms with Gasteiger partial charge in [0.1, 0.15) is 11.6 Å². The van der Waals surface area contributed by atoms with Crippen LogP contribution in [0.5, 0.6) is 0 Å². The fraction of sp³-hybridized carbons (Fsp3) is 0.150. The van der Waals surface area contributed by atoms with Gasteiger partial charge in [0.25, 0.3) is 0 Å². The van der Waals surface area contributed by atoms with Crippen LogP contribution in [0.1, 0.15) is 22.0 Å². The second-order valence-electron chi connectivity index (χ2n) is 5.89. The summed E-state index contributed by atoms with van der Waals surface area (Å²) in [6.07, 6.45) is 0. The molecular weight excluding hydrogens is 354 g/mol. The number of hydrogen-bond acceptors (Lipinski definition) is 3. The Kier molecular flexibility index (Phi) is 5.75. The molecule has 0 radical (unpaired) electrons. The molecule has 2 N–H and O–H groups in total. The van der Waals surface area contributed by atoms with Crippen LogP contribution in [0.2, 0.25) is 0 Å². The molecule has 1 unspecified atom stereocenters. The monoisotopic (exact) mass is 372 g/mol. The van der Waals surface area contributed by atoms with Gasteiger partial charge in [-0.05, 0) is 53.8 Å². The molecule has 1 amide bonds. The van der Waals surface area contributed by atoms with Gasteiger partial charge in [0.05, 0.1) is 12.6 Å². The van der Waals surface area contributed by atoms with Crippen molar-refractivity contribution in [3.05, 3.63) is 87.6 Å². The molecule has 0 bridgehead atoms. The van der Waals surface area contributed by atoms with E-state index in [1.165, 1.54) is 18.2 Å². The largest absolute Gasteiger partial charge is 0.325 e. The molecule has 3 rings (SSSR count). The number of aryl methyl sites for hydroxylation is 1. The van der Waals surface area contributed by atoms with Crippen LogP contribution in [-0.4, -0.2) is 12.5 Å². The molecule has 3 aromatic rings. The van der Waals surface area contributed by atoms with Gasteiger partial charge >= 0.3 is 0 Å². The highest BCUT2D eigenvalue weighted by molar-refractivity contribution is 7.10. The van der Waals surface area contributed by atoms with Crippen molar-refractivity contribution in [3.8, 4) is 0 Å². The number of benzene rings is 2. The predicted molar refractivity (Wildman–Crippen MR) is 100 cm³/mol. The Hall–Kier alpha value is -2.57. The van der Waals surface area contributed by atoms with Crippen LogP contribution in [-0.2, 0) is 4.79 Å². The number of anilines is 1. The lowest BCUT2D eigenvalue weighted by Gasteiger charge is -2.18. The lowest BCUT2D eigenvalue weighted by Crippen LogP contribution is -2.31. The molecule has 3 nitrogen and oxygen atoms in total. The standard InChI is InChI=1S/C20H18F2N2OS/c1-13-4-9-16(11-17(13)22)24-19(25)12-23-20(18-3-2-10-26-18)14-5-7-15(21)8-6-14/h2-11,20,23H,12H2,1H3,(H,24,25). The first-order valence-electron chi connectivity index (χ1n) is 8.11. The Balaban J connectivity index is 1.68. The van der Waals surface area contributed by atoms with Crippen molar-refractivity contribution in [2.45, 2.75) is 13.0 Å². The van der Waals surface area contributed by atoms with Gasteiger partial charge in [0, 0.05) is 10.6 Å². The van der Waals surface area contributed by atoms with Gasteiger partial charge in [-0.2, -0.15) is 0 Å². The highest BCUT2D eigenvalue weighted by Gasteiger charge is 2.16. The highest BCUT2D eigenvalue weighted by Crippen LogP contribution is 2.26. The molecule has 0 saturated carbocycles. The second kappa shape index (κ2) is 8.21. The summed E-state index contributed by atoms with van der Waals surface area (Å²) in [7, 11) is 0.